The van der Waals surface area contributed by atoms with Crippen molar-refractivity contribution in [2.75, 3.05) is 6.16 Å². The first-order valence-electron chi connectivity index (χ1n) is 6.61. The van der Waals surface area contributed by atoms with Crippen LogP contribution in [0, 0.1) is 0 Å². The third kappa shape index (κ3) is 22.0. The van der Waals surface area contributed by atoms with E-state index in [4.69, 9.17) is 9.79 Å². The number of hydrogen-bond acceptors (Lipinski definition) is 1. The van der Waals surface area contributed by atoms with Crippen molar-refractivity contribution in [3.63, 3.8) is 0 Å². The molecule has 0 heterocycles. The Balaban J connectivity index is -0.00000112. The lowest BCUT2D eigenvalue weighted by atomic mass is 10.1. The number of halogens is 2. The van der Waals surface area contributed by atoms with Crippen LogP contribution < -0.4 is 0 Å². The van der Waals surface area contributed by atoms with Gasteiger partial charge in [0.1, 0.15) is 0 Å². The second-order valence-electron chi connectivity index (χ2n) is 4.57. The van der Waals surface area contributed by atoms with Crippen molar-refractivity contribution in [1.82, 2.24) is 0 Å². The van der Waals surface area contributed by atoms with Crippen LogP contribution in [0.15, 0.2) is 0 Å². The summed E-state index contributed by atoms with van der Waals surface area (Å²) in [6, 6.07) is 0. The average Bonchev–Trinajstić information content (AvgIpc) is 2.19. The van der Waals surface area contributed by atoms with Crippen molar-refractivity contribution >= 4 is 32.4 Å². The van der Waals surface area contributed by atoms with Crippen LogP contribution in [0.25, 0.3) is 0 Å². The molecule has 0 saturated carbocycles. The van der Waals surface area contributed by atoms with Crippen LogP contribution >= 0.6 is 32.4 Å². The second kappa shape index (κ2) is 15.8. The Morgan fingerprint density at radius 1 is 0.722 bits per heavy atom. The van der Waals surface area contributed by atoms with Gasteiger partial charge in [-0.2, -0.15) is 0 Å². The molecule has 0 bridgehead atoms. The van der Waals surface area contributed by atoms with Gasteiger partial charge in [-0.1, -0.05) is 64.7 Å². The van der Waals surface area contributed by atoms with Crippen molar-refractivity contribution in [2.45, 2.75) is 71.1 Å². The fraction of sp³-hybridized carbons (Fsp3) is 1.00. The normalized spacial score (nSPS) is 10.6. The van der Waals surface area contributed by atoms with Gasteiger partial charge in [0.25, 0.3) is 0 Å². The third-order valence-electron chi connectivity index (χ3n) is 2.80. The number of hydrogen-bond donors (Lipinski definition) is 2. The summed E-state index contributed by atoms with van der Waals surface area (Å²) in [6.45, 7) is 2.22. The Morgan fingerprint density at radius 2 is 1.06 bits per heavy atom. The molecular weight excluding hydrogens is 294 g/mol. The van der Waals surface area contributed by atoms with Crippen molar-refractivity contribution in [3.05, 3.63) is 0 Å². The zero-order valence-electron chi connectivity index (χ0n) is 11.3. The summed E-state index contributed by atoms with van der Waals surface area (Å²) in [5.41, 5.74) is 0. The van der Waals surface area contributed by atoms with Crippen LogP contribution in [-0.4, -0.2) is 15.9 Å². The molecule has 0 aliphatic heterocycles. The summed E-state index contributed by atoms with van der Waals surface area (Å²) < 4.78 is 10.6. The van der Waals surface area contributed by atoms with E-state index in [0.717, 1.165) is 12.8 Å². The van der Waals surface area contributed by atoms with E-state index in [0.29, 0.717) is 6.42 Å². The Bertz CT molecular complexity index is 198. The predicted octanol–water partition coefficient (Wildman–Crippen LogP) is 4.93. The van der Waals surface area contributed by atoms with Gasteiger partial charge < -0.3 is 9.79 Å². The van der Waals surface area contributed by atoms with Crippen molar-refractivity contribution < 1.29 is 14.4 Å². The van der Waals surface area contributed by atoms with Crippen molar-refractivity contribution in [2.24, 2.45) is 0 Å². The second-order valence-corrected chi connectivity index (χ2v) is 6.35. The molecular formula is C12H29Cl2O3P. The van der Waals surface area contributed by atoms with E-state index in [1.54, 1.807) is 0 Å². The molecule has 0 aromatic rings. The van der Waals surface area contributed by atoms with E-state index in [2.05, 4.69) is 6.92 Å². The molecule has 0 aromatic carbocycles. The van der Waals surface area contributed by atoms with Gasteiger partial charge >= 0.3 is 7.60 Å². The van der Waals surface area contributed by atoms with Crippen LogP contribution in [0.4, 0.5) is 0 Å². The van der Waals surface area contributed by atoms with Gasteiger partial charge in [-0.05, 0) is 6.42 Å². The lowest BCUT2D eigenvalue weighted by molar-refractivity contribution is 0.370. The van der Waals surface area contributed by atoms with Crippen LogP contribution in [0.1, 0.15) is 71.1 Å². The molecule has 0 aromatic heterocycles. The highest BCUT2D eigenvalue weighted by Crippen LogP contribution is 2.35. The summed E-state index contributed by atoms with van der Waals surface area (Å²) in [4.78, 5) is 17.3. The molecule has 18 heavy (non-hydrogen) atoms. The molecule has 0 atom stereocenters. The molecule has 0 aliphatic rings. The zero-order valence-corrected chi connectivity index (χ0v) is 13.9. The van der Waals surface area contributed by atoms with Gasteiger partial charge in [0.05, 0.1) is 0 Å². The van der Waals surface area contributed by atoms with E-state index < -0.39 is 7.60 Å². The number of rotatable bonds is 11. The summed E-state index contributed by atoms with van der Waals surface area (Å²) in [5, 5.41) is 0. The molecule has 0 rings (SSSR count). The van der Waals surface area contributed by atoms with E-state index in [-0.39, 0.29) is 31.0 Å². The van der Waals surface area contributed by atoms with Gasteiger partial charge in [0.15, 0.2) is 0 Å². The first-order chi connectivity index (χ1) is 7.56. The molecule has 0 spiro atoms. The fourth-order valence-corrected chi connectivity index (χ4v) is 2.44. The maximum absolute atomic E-state index is 10.6. The Morgan fingerprint density at radius 3 is 1.39 bits per heavy atom. The van der Waals surface area contributed by atoms with E-state index in [1.165, 1.54) is 44.9 Å². The summed E-state index contributed by atoms with van der Waals surface area (Å²) in [5.74, 6) is 0. The van der Waals surface area contributed by atoms with E-state index in [1.807, 2.05) is 0 Å². The van der Waals surface area contributed by atoms with Crippen LogP contribution in [0.2, 0.25) is 0 Å². The highest BCUT2D eigenvalue weighted by molar-refractivity contribution is 7.51. The molecule has 3 nitrogen and oxygen atoms in total. The van der Waals surface area contributed by atoms with Gasteiger partial charge in [-0.25, -0.2) is 0 Å². The molecule has 0 aliphatic carbocycles. The Labute approximate surface area is 124 Å². The summed E-state index contributed by atoms with van der Waals surface area (Å²) in [6.07, 6.45) is 12.0. The molecule has 2 N–H and O–H groups in total. The lowest BCUT2D eigenvalue weighted by Crippen LogP contribution is -1.88. The minimum Gasteiger partial charge on any atom is -0.324 e. The highest BCUT2D eigenvalue weighted by atomic mass is 35.5. The third-order valence-corrected chi connectivity index (χ3v) is 3.70. The van der Waals surface area contributed by atoms with Crippen molar-refractivity contribution in [1.29, 1.82) is 0 Å². The molecule has 0 amide bonds. The van der Waals surface area contributed by atoms with Crippen LogP contribution in [0.5, 0.6) is 0 Å². The predicted molar refractivity (Wildman–Crippen MR) is 83.3 cm³/mol. The zero-order chi connectivity index (χ0) is 12.3. The minimum atomic E-state index is -3.74. The standard InChI is InChI=1S/C12H27O3P.2ClH/c1-2-3-4-5-6-7-8-9-10-11-12-16(13,14)15;;/h2-12H2,1H3,(H2,13,14,15);2*1H. The first kappa shape index (κ1) is 23.8. The van der Waals surface area contributed by atoms with Crippen LogP contribution in [0.3, 0.4) is 0 Å². The van der Waals surface area contributed by atoms with Gasteiger partial charge in [0, 0.05) is 6.16 Å². The summed E-state index contributed by atoms with van der Waals surface area (Å²) >= 11 is 0. The smallest absolute Gasteiger partial charge is 0.324 e. The maximum Gasteiger partial charge on any atom is 0.325 e. The first-order valence-corrected chi connectivity index (χ1v) is 8.40. The lowest BCUT2D eigenvalue weighted by Gasteiger charge is -2.03. The van der Waals surface area contributed by atoms with Crippen molar-refractivity contribution in [3.8, 4) is 0 Å². The average molecular weight is 323 g/mol. The van der Waals surface area contributed by atoms with Gasteiger partial charge in [-0.15, -0.1) is 24.8 Å². The molecule has 0 unspecified atom stereocenters. The fourth-order valence-electron chi connectivity index (χ4n) is 1.81. The topological polar surface area (TPSA) is 57.5 Å². The SMILES string of the molecule is CCCCCCCCCCCCP(=O)(O)O.Cl.Cl. The molecule has 6 heteroatoms. The maximum atomic E-state index is 10.6. The van der Waals surface area contributed by atoms with E-state index >= 15 is 0 Å². The molecule has 114 valence electrons. The van der Waals surface area contributed by atoms with Gasteiger partial charge in [0.2, 0.25) is 0 Å². The molecule has 0 saturated heterocycles. The largest absolute Gasteiger partial charge is 0.325 e. The quantitative estimate of drug-likeness (QED) is 0.419. The summed E-state index contributed by atoms with van der Waals surface area (Å²) in [7, 11) is -3.74. The van der Waals surface area contributed by atoms with Crippen LogP contribution in [-0.2, 0) is 4.57 Å². The Hall–Kier alpha value is 0.730. The number of unbranched alkanes of at least 4 members (excludes halogenated alkanes) is 9. The van der Waals surface area contributed by atoms with E-state index in [9.17, 15) is 4.57 Å². The molecule has 0 radical (unpaired) electrons. The Kier molecular flexibility index (Phi) is 20.9. The minimum absolute atomic E-state index is 0. The highest BCUT2D eigenvalue weighted by Gasteiger charge is 2.10. The monoisotopic (exact) mass is 322 g/mol. The molecule has 0 fully saturated rings. The van der Waals surface area contributed by atoms with Gasteiger partial charge in [-0.3, -0.25) is 4.57 Å².